The molecule has 2 heterocycles. The second kappa shape index (κ2) is 4.75. The van der Waals surface area contributed by atoms with Crippen molar-refractivity contribution in [2.24, 2.45) is 0 Å². The lowest BCUT2D eigenvalue weighted by molar-refractivity contribution is 1.01. The summed E-state index contributed by atoms with van der Waals surface area (Å²) in [5.41, 5.74) is 2.73. The molecule has 0 aliphatic carbocycles. The Morgan fingerprint density at radius 3 is 2.90 bits per heavy atom. The van der Waals surface area contributed by atoms with Crippen molar-refractivity contribution in [2.45, 2.75) is 0 Å². The van der Waals surface area contributed by atoms with Gasteiger partial charge in [-0.05, 0) is 36.4 Å². The number of hydrogen-bond acceptors (Lipinski definition) is 3. The second-order valence-electron chi connectivity index (χ2n) is 4.59. The van der Waals surface area contributed by atoms with E-state index in [1.54, 1.807) is 0 Å². The van der Waals surface area contributed by atoms with Crippen LogP contribution in [0.15, 0.2) is 46.9 Å². The molecule has 4 aromatic rings. The Bertz CT molecular complexity index is 958. The SMILES string of the molecule is Clc1cccc(Nc2nc3nc4cc(Br)ccc4n3[nH]2)c1. The number of nitrogens with one attached hydrogen (secondary N) is 2. The van der Waals surface area contributed by atoms with Crippen molar-refractivity contribution in [1.29, 1.82) is 0 Å². The van der Waals surface area contributed by atoms with Crippen LogP contribution in [0.4, 0.5) is 11.6 Å². The summed E-state index contributed by atoms with van der Waals surface area (Å²) < 4.78 is 2.84. The van der Waals surface area contributed by atoms with Gasteiger partial charge in [0.15, 0.2) is 0 Å². The Labute approximate surface area is 133 Å². The highest BCUT2D eigenvalue weighted by Gasteiger charge is 2.10. The fraction of sp³-hybridized carbons (Fsp3) is 0. The molecular formula is C14H9BrClN5. The summed E-state index contributed by atoms with van der Waals surface area (Å²) in [6, 6.07) is 13.4. The lowest BCUT2D eigenvalue weighted by atomic mass is 10.3. The number of aromatic nitrogens is 4. The molecule has 7 heteroatoms. The first-order valence-electron chi connectivity index (χ1n) is 6.25. The minimum absolute atomic E-state index is 0.615. The van der Waals surface area contributed by atoms with Crippen LogP contribution in [0, 0.1) is 0 Å². The Kier molecular flexibility index (Phi) is 2.87. The Morgan fingerprint density at radius 1 is 1.14 bits per heavy atom. The lowest BCUT2D eigenvalue weighted by Gasteiger charge is -2.02. The van der Waals surface area contributed by atoms with Gasteiger partial charge in [0.2, 0.25) is 5.95 Å². The number of H-pyrrole nitrogens is 1. The Hall–Kier alpha value is -2.05. The van der Waals surface area contributed by atoms with Crippen LogP contribution in [0.2, 0.25) is 5.02 Å². The zero-order valence-corrected chi connectivity index (χ0v) is 13.0. The van der Waals surface area contributed by atoms with Crippen molar-refractivity contribution in [3.63, 3.8) is 0 Å². The molecule has 0 amide bonds. The number of nitrogens with zero attached hydrogens (tertiary/aromatic N) is 3. The first kappa shape index (κ1) is 12.7. The van der Waals surface area contributed by atoms with E-state index < -0.39 is 0 Å². The minimum Gasteiger partial charge on any atom is -0.324 e. The molecule has 0 unspecified atom stereocenters. The molecule has 0 saturated heterocycles. The first-order chi connectivity index (χ1) is 10.2. The van der Waals surface area contributed by atoms with E-state index in [1.165, 1.54) is 0 Å². The van der Waals surface area contributed by atoms with Gasteiger partial charge in [0.1, 0.15) is 0 Å². The van der Waals surface area contributed by atoms with Gasteiger partial charge in [0.05, 0.1) is 11.0 Å². The molecule has 104 valence electrons. The number of anilines is 2. The molecule has 0 aliphatic rings. The summed E-state index contributed by atoms with van der Waals surface area (Å²) in [5, 5.41) is 7.03. The molecule has 21 heavy (non-hydrogen) atoms. The van der Waals surface area contributed by atoms with E-state index in [9.17, 15) is 0 Å². The maximum atomic E-state index is 5.97. The van der Waals surface area contributed by atoms with Crippen LogP contribution in [-0.2, 0) is 0 Å². The van der Waals surface area contributed by atoms with Crippen LogP contribution in [0.3, 0.4) is 0 Å². The highest BCUT2D eigenvalue weighted by atomic mass is 79.9. The first-order valence-corrected chi connectivity index (χ1v) is 7.42. The molecule has 2 aromatic carbocycles. The molecule has 5 nitrogen and oxygen atoms in total. The number of benzene rings is 2. The number of hydrogen-bond donors (Lipinski definition) is 2. The van der Waals surface area contributed by atoms with Gasteiger partial charge in [-0.2, -0.15) is 4.98 Å². The monoisotopic (exact) mass is 361 g/mol. The maximum Gasteiger partial charge on any atom is 0.253 e. The largest absolute Gasteiger partial charge is 0.324 e. The molecule has 0 radical (unpaired) electrons. The van der Waals surface area contributed by atoms with E-state index in [-0.39, 0.29) is 0 Å². The number of fused-ring (bicyclic) bond motifs is 3. The molecule has 2 aromatic heterocycles. The van der Waals surface area contributed by atoms with Gasteiger partial charge >= 0.3 is 0 Å². The van der Waals surface area contributed by atoms with Gasteiger partial charge in [-0.3, -0.25) is 5.10 Å². The van der Waals surface area contributed by atoms with Crippen LogP contribution < -0.4 is 5.32 Å². The predicted octanol–water partition coefficient (Wildman–Crippen LogP) is 4.37. The number of imidazole rings is 1. The van der Waals surface area contributed by atoms with E-state index >= 15 is 0 Å². The van der Waals surface area contributed by atoms with Crippen molar-refractivity contribution >= 4 is 56.0 Å². The number of rotatable bonds is 2. The summed E-state index contributed by atoms with van der Waals surface area (Å²) in [6.07, 6.45) is 0. The summed E-state index contributed by atoms with van der Waals surface area (Å²) in [7, 11) is 0. The third-order valence-corrected chi connectivity index (χ3v) is 3.84. The van der Waals surface area contributed by atoms with Gasteiger partial charge in [0, 0.05) is 15.2 Å². The fourth-order valence-electron chi connectivity index (χ4n) is 2.22. The van der Waals surface area contributed by atoms with E-state index in [2.05, 4.69) is 36.3 Å². The zero-order chi connectivity index (χ0) is 14.4. The van der Waals surface area contributed by atoms with E-state index in [4.69, 9.17) is 11.6 Å². The summed E-state index contributed by atoms with van der Waals surface area (Å²) in [5.74, 6) is 1.23. The van der Waals surface area contributed by atoms with Gasteiger partial charge in [-0.1, -0.05) is 33.6 Å². The summed E-state index contributed by atoms with van der Waals surface area (Å²) >= 11 is 9.41. The molecule has 0 saturated carbocycles. The average Bonchev–Trinajstić information content (AvgIpc) is 2.95. The highest BCUT2D eigenvalue weighted by molar-refractivity contribution is 9.10. The normalized spacial score (nSPS) is 11.3. The third-order valence-electron chi connectivity index (χ3n) is 3.12. The molecule has 0 fully saturated rings. The van der Waals surface area contributed by atoms with Crippen molar-refractivity contribution in [3.8, 4) is 0 Å². The number of aromatic amines is 1. The standard InChI is InChI=1S/C14H9BrClN5/c15-8-4-5-12-11(6-8)18-14-19-13(20-21(12)14)17-10-3-1-2-9(16)7-10/h1-7H,(H2,17,18,19,20). The number of halogens is 2. The van der Waals surface area contributed by atoms with Gasteiger partial charge in [-0.15, -0.1) is 0 Å². The summed E-state index contributed by atoms with van der Waals surface area (Å²) in [4.78, 5) is 8.91. The molecule has 0 aliphatic heterocycles. The van der Waals surface area contributed by atoms with E-state index in [0.717, 1.165) is 21.2 Å². The van der Waals surface area contributed by atoms with Crippen LogP contribution in [-0.4, -0.2) is 19.6 Å². The van der Waals surface area contributed by atoms with E-state index in [0.29, 0.717) is 16.7 Å². The molecule has 4 rings (SSSR count). The van der Waals surface area contributed by atoms with Crippen molar-refractivity contribution in [3.05, 3.63) is 52.0 Å². The Balaban J connectivity index is 1.77. The predicted molar refractivity (Wildman–Crippen MR) is 87.3 cm³/mol. The van der Waals surface area contributed by atoms with Crippen molar-refractivity contribution in [1.82, 2.24) is 19.6 Å². The molecule has 0 bridgehead atoms. The van der Waals surface area contributed by atoms with Crippen LogP contribution in [0.25, 0.3) is 16.8 Å². The van der Waals surface area contributed by atoms with Crippen molar-refractivity contribution < 1.29 is 0 Å². The lowest BCUT2D eigenvalue weighted by Crippen LogP contribution is -1.93. The maximum absolute atomic E-state index is 5.97. The molecule has 0 spiro atoms. The zero-order valence-electron chi connectivity index (χ0n) is 10.6. The Morgan fingerprint density at radius 2 is 2.05 bits per heavy atom. The third kappa shape index (κ3) is 2.26. The molecule has 2 N–H and O–H groups in total. The topological polar surface area (TPSA) is 58.0 Å². The minimum atomic E-state index is 0.615. The fourth-order valence-corrected chi connectivity index (χ4v) is 2.75. The van der Waals surface area contributed by atoms with Crippen LogP contribution in [0.1, 0.15) is 0 Å². The van der Waals surface area contributed by atoms with E-state index in [1.807, 2.05) is 47.0 Å². The highest BCUT2D eigenvalue weighted by Crippen LogP contribution is 2.22. The van der Waals surface area contributed by atoms with Gasteiger partial charge in [-0.25, -0.2) is 9.50 Å². The van der Waals surface area contributed by atoms with Gasteiger partial charge in [0.25, 0.3) is 5.78 Å². The van der Waals surface area contributed by atoms with Gasteiger partial charge < -0.3 is 5.32 Å². The second-order valence-corrected chi connectivity index (χ2v) is 5.94. The van der Waals surface area contributed by atoms with Crippen LogP contribution in [0.5, 0.6) is 0 Å². The van der Waals surface area contributed by atoms with Crippen molar-refractivity contribution in [2.75, 3.05) is 5.32 Å². The molecule has 0 atom stereocenters. The molecular weight excluding hydrogens is 354 g/mol. The van der Waals surface area contributed by atoms with Crippen LogP contribution >= 0.6 is 27.5 Å². The smallest absolute Gasteiger partial charge is 0.253 e. The quantitative estimate of drug-likeness (QED) is 0.557. The summed E-state index contributed by atoms with van der Waals surface area (Å²) in [6.45, 7) is 0. The average molecular weight is 363 g/mol.